The monoisotopic (exact) mass is 1120 g/mol. The lowest BCUT2D eigenvalue weighted by Gasteiger charge is -2.68. The van der Waals surface area contributed by atoms with Crippen LogP contribution in [0.5, 0.6) is 0 Å². The van der Waals surface area contributed by atoms with Crippen molar-refractivity contribution in [1.29, 1.82) is 0 Å². The third kappa shape index (κ3) is 10.8. The highest BCUT2D eigenvalue weighted by atomic mass is 28.4. The Balaban J connectivity index is 1.37. The summed E-state index contributed by atoms with van der Waals surface area (Å²) in [6.45, 7) is 20.2. The maximum Gasteiger partial charge on any atom is 0.338 e. The van der Waals surface area contributed by atoms with Crippen molar-refractivity contribution in [2.75, 3.05) is 6.61 Å². The summed E-state index contributed by atoms with van der Waals surface area (Å²) < 4.78 is 48.0. The van der Waals surface area contributed by atoms with Crippen LogP contribution in [0, 0.1) is 22.7 Å². The van der Waals surface area contributed by atoms with Crippen molar-refractivity contribution in [3.8, 4) is 0 Å². The highest BCUT2D eigenvalue weighted by molar-refractivity contribution is 6.74. The van der Waals surface area contributed by atoms with Crippen LogP contribution in [-0.4, -0.2) is 112 Å². The molecule has 79 heavy (non-hydrogen) atoms. The molecule has 0 aromatic heterocycles. The Kier molecular flexibility index (Phi) is 17.9. The fourth-order valence-corrected chi connectivity index (χ4v) is 19.4. The third-order valence-corrected chi connectivity index (χ3v) is 28.7. The molecule has 0 spiro atoms. The molecule has 3 saturated carbocycles. The normalized spacial score (nSPS) is 29.1. The summed E-state index contributed by atoms with van der Waals surface area (Å²) in [6, 6.07) is 29.0. The average molecular weight is 1120 g/mol. The first kappa shape index (κ1) is 59.8. The van der Waals surface area contributed by atoms with Gasteiger partial charge in [-0.15, -0.1) is 0 Å². The molecule has 17 heteroatoms. The fraction of sp³-hybridized carbons (Fsp3) is 0.581. The Morgan fingerprint density at radius 3 is 1.82 bits per heavy atom. The molecular weight excluding hydrogens is 1040 g/mol. The molecule has 1 amide bonds. The van der Waals surface area contributed by atoms with Gasteiger partial charge in [0, 0.05) is 30.7 Å². The van der Waals surface area contributed by atoms with Crippen LogP contribution >= 0.6 is 0 Å². The minimum Gasteiger partial charge on any atom is -0.456 e. The molecule has 2 bridgehead atoms. The molecule has 0 radical (unpaired) electrons. The number of carbonyl (C=O) groups excluding carboxylic acids is 6. The van der Waals surface area contributed by atoms with E-state index < -0.39 is 135 Å². The topological polar surface area (TPSA) is 199 Å². The number of carbonyl (C=O) groups is 6. The summed E-state index contributed by atoms with van der Waals surface area (Å²) in [7, 11) is -5.42. The van der Waals surface area contributed by atoms with Gasteiger partial charge in [0.1, 0.15) is 23.9 Å². The second-order valence-electron chi connectivity index (χ2n) is 23.5. The zero-order valence-corrected chi connectivity index (χ0v) is 50.1. The largest absolute Gasteiger partial charge is 0.456 e. The number of aliphatic hydroxyl groups is 1. The number of benzene rings is 3. The Bertz CT molecular complexity index is 2730. The molecule has 8 rings (SSSR count). The first-order valence-corrected chi connectivity index (χ1v) is 33.9. The lowest BCUT2D eigenvalue weighted by atomic mass is 9.44. The fourth-order valence-electron chi connectivity index (χ4n) is 13.7. The van der Waals surface area contributed by atoms with E-state index in [1.165, 1.54) is 6.92 Å². The number of nitrogens with one attached hydrogen (secondary N) is 1. The molecule has 1 unspecified atom stereocenters. The molecule has 4 aliphatic carbocycles. The minimum atomic E-state index is -2.76. The van der Waals surface area contributed by atoms with Crippen molar-refractivity contribution in [2.24, 2.45) is 22.7 Å². The Morgan fingerprint density at radius 1 is 0.759 bits per heavy atom. The molecule has 2 N–H and O–H groups in total. The molecule has 1 saturated heterocycles. The summed E-state index contributed by atoms with van der Waals surface area (Å²) in [6.07, 6.45) is -6.35. The zero-order chi connectivity index (χ0) is 57.3. The van der Waals surface area contributed by atoms with Crippen LogP contribution < -0.4 is 5.32 Å². The van der Waals surface area contributed by atoms with Crippen molar-refractivity contribution in [3.05, 3.63) is 119 Å². The Morgan fingerprint density at radius 2 is 1.32 bits per heavy atom. The lowest BCUT2D eigenvalue weighted by Crippen LogP contribution is -2.82. The van der Waals surface area contributed by atoms with Gasteiger partial charge in [0.2, 0.25) is 0 Å². The number of hydrogen-bond donors (Lipinski definition) is 2. The summed E-state index contributed by atoms with van der Waals surface area (Å²) >= 11 is 0. The maximum atomic E-state index is 16.8. The summed E-state index contributed by atoms with van der Waals surface area (Å²) in [4.78, 5) is 90.3. The van der Waals surface area contributed by atoms with E-state index in [9.17, 15) is 19.5 Å². The molecule has 4 fully saturated rings. The van der Waals surface area contributed by atoms with E-state index in [1.54, 1.807) is 88.4 Å². The van der Waals surface area contributed by atoms with Crippen LogP contribution in [0.3, 0.4) is 0 Å². The van der Waals surface area contributed by atoms with Crippen LogP contribution in [0.25, 0.3) is 0 Å². The van der Waals surface area contributed by atoms with E-state index >= 15 is 14.4 Å². The van der Waals surface area contributed by atoms with Crippen LogP contribution in [0.15, 0.2) is 102 Å². The van der Waals surface area contributed by atoms with Crippen molar-refractivity contribution in [1.82, 2.24) is 5.32 Å². The quantitative estimate of drug-likeness (QED) is 0.0442. The lowest BCUT2D eigenvalue weighted by molar-refractivity contribution is -0.346. The van der Waals surface area contributed by atoms with E-state index in [-0.39, 0.29) is 24.2 Å². The van der Waals surface area contributed by atoms with Crippen LogP contribution in [0.1, 0.15) is 141 Å². The highest BCUT2D eigenvalue weighted by Gasteiger charge is 2.79. The van der Waals surface area contributed by atoms with E-state index in [0.717, 1.165) is 6.42 Å². The van der Waals surface area contributed by atoms with Crippen molar-refractivity contribution >= 4 is 52.2 Å². The van der Waals surface area contributed by atoms with Crippen molar-refractivity contribution in [2.45, 2.75) is 198 Å². The molecule has 3 aromatic carbocycles. The van der Waals surface area contributed by atoms with Gasteiger partial charge in [0.25, 0.3) is 5.91 Å². The van der Waals surface area contributed by atoms with Gasteiger partial charge in [-0.2, -0.15) is 0 Å². The van der Waals surface area contributed by atoms with E-state index in [1.807, 2.05) is 51.1 Å². The van der Waals surface area contributed by atoms with Gasteiger partial charge in [-0.25, -0.2) is 9.59 Å². The zero-order valence-electron chi connectivity index (χ0n) is 48.1. The SMILES string of the molecule is CC[Si](CC)(CC)O[C@H]1C[C@H]2OC[C@@]2(OC(=O)C2CCC2)C2[C@H](OC(=O)c3ccccc3)[C@]3(O)C[C@H](OC(=O)[C@H](O[Si](CC)(CC)CC)[C@@H](NC(=O)c4ccccc4)c4ccccc4)C(C)=C([C@@H](OC(C)=O)C(=O)[C@@]21C)C3(C)C. The predicted molar refractivity (Wildman–Crippen MR) is 301 cm³/mol. The van der Waals surface area contributed by atoms with Gasteiger partial charge in [0.05, 0.1) is 41.6 Å². The van der Waals surface area contributed by atoms with E-state index in [4.69, 9.17) is 32.5 Å². The first-order chi connectivity index (χ1) is 37.6. The smallest absolute Gasteiger partial charge is 0.338 e. The van der Waals surface area contributed by atoms with Gasteiger partial charge >= 0.3 is 23.9 Å². The van der Waals surface area contributed by atoms with Crippen LogP contribution in [0.2, 0.25) is 36.3 Å². The van der Waals surface area contributed by atoms with E-state index in [2.05, 4.69) is 26.1 Å². The van der Waals surface area contributed by atoms with E-state index in [0.29, 0.717) is 65.8 Å². The third-order valence-electron chi connectivity index (χ3n) is 19.5. The standard InChI is InChI=1S/C62H83NO14Si2/c1-12-78(13-2,14-3)76-46-36-47-61(38-71-47,75-57(68)44-34-27-35-44)52-54(74-56(67)43-32-25-20-26-33-43)62(70)37-45(39(7)48(59(62,9)10)50(72-40(8)64)53(65)60(46,52)11)73-58(69)51(77-79(15-4,16-5)17-6)49(41-28-21-18-22-29-41)63-55(66)42-30-23-19-24-31-42/h18-26,28-33,44-47,49-52,54,70H,12-17,27,34-38H2,1-11H3,(H,63,66)/t45-,46-,47+,49-,50+,51+,52?,54-,60+,61-,62+/m0/s1. The molecule has 5 aliphatic rings. The van der Waals surface area contributed by atoms with Gasteiger partial charge in [-0.3, -0.25) is 19.2 Å². The molecule has 11 atom stereocenters. The Hall–Kier alpha value is -5.31. The van der Waals surface area contributed by atoms with Crippen molar-refractivity contribution < 1.29 is 66.4 Å². The molecular formula is C62H83NO14Si2. The molecule has 428 valence electrons. The molecule has 3 aromatic rings. The second kappa shape index (κ2) is 23.7. The molecule has 15 nitrogen and oxygen atoms in total. The number of rotatable bonds is 21. The number of ether oxygens (including phenoxy) is 5. The number of amides is 1. The molecule has 1 heterocycles. The average Bonchev–Trinajstić information content (AvgIpc) is 3.36. The summed E-state index contributed by atoms with van der Waals surface area (Å²) in [5.41, 5.74) is -5.85. The van der Waals surface area contributed by atoms with Gasteiger partial charge in [-0.1, -0.05) is 129 Å². The maximum absolute atomic E-state index is 16.8. The number of Topliss-reactive ketones (excluding diaryl/α,β-unsaturated/α-hetero) is 1. The van der Waals surface area contributed by atoms with Gasteiger partial charge < -0.3 is 43.0 Å². The second-order valence-corrected chi connectivity index (χ2v) is 32.9. The predicted octanol–water partition coefficient (Wildman–Crippen LogP) is 10.6. The van der Waals surface area contributed by atoms with Crippen LogP contribution in [-0.2, 0) is 51.7 Å². The Labute approximate surface area is 468 Å². The first-order valence-electron chi connectivity index (χ1n) is 28.8. The summed E-state index contributed by atoms with van der Waals surface area (Å²) in [5.74, 6) is -5.83. The minimum absolute atomic E-state index is 0.112. The number of esters is 4. The number of fused-ring (bicyclic) bond motifs is 5. The number of ketones is 1. The van der Waals surface area contributed by atoms with Gasteiger partial charge in [0.15, 0.2) is 40.2 Å². The molecule has 1 aliphatic heterocycles. The number of hydrogen-bond acceptors (Lipinski definition) is 14. The van der Waals surface area contributed by atoms with Gasteiger partial charge in [-0.05, 0) is 104 Å². The van der Waals surface area contributed by atoms with Crippen LogP contribution in [0.4, 0.5) is 0 Å². The van der Waals surface area contributed by atoms with Crippen molar-refractivity contribution in [3.63, 3.8) is 0 Å². The summed E-state index contributed by atoms with van der Waals surface area (Å²) in [5, 5.41) is 17.7. The highest BCUT2D eigenvalue weighted by Crippen LogP contribution is 2.65.